The van der Waals surface area contributed by atoms with Gasteiger partial charge in [0.25, 0.3) is 0 Å². The standard InChI is InChI=1S/C73H48N2S/c1-3-16-54(17-4-1)73(55-18-5-2-6-19-55)67-26-11-7-20-61(67)66-48-59(46-47-68(66)73)74(56-40-34-50(35-41-56)49-30-32-53(33-31-49)60-24-15-25-65-64-23-10-14-29-71(64)76-72(60)65)57-42-36-51(37-43-57)52-38-44-58(45-39-52)75-69-27-12-8-21-62(69)63-22-9-13-28-70(63)75/h1-48H. The van der Waals surface area contributed by atoms with Crippen LogP contribution in [-0.2, 0) is 5.41 Å². The van der Waals surface area contributed by atoms with Crippen molar-refractivity contribution in [1.82, 2.24) is 4.57 Å². The number of nitrogens with zero attached hydrogens (tertiary/aromatic N) is 2. The number of rotatable bonds is 9. The van der Waals surface area contributed by atoms with E-state index in [2.05, 4.69) is 301 Å². The highest BCUT2D eigenvalue weighted by Crippen LogP contribution is 2.57. The highest BCUT2D eigenvalue weighted by Gasteiger charge is 2.46. The minimum atomic E-state index is -0.474. The molecule has 0 saturated carbocycles. The zero-order valence-electron chi connectivity index (χ0n) is 41.5. The molecule has 0 saturated heterocycles. The molecule has 0 amide bonds. The molecule has 0 radical (unpaired) electrons. The Balaban J connectivity index is 0.819. The lowest BCUT2D eigenvalue weighted by atomic mass is 9.68. The second-order valence-corrected chi connectivity index (χ2v) is 21.0. The number of para-hydroxylation sites is 2. The van der Waals surface area contributed by atoms with Gasteiger partial charge in [0.15, 0.2) is 0 Å². The van der Waals surface area contributed by atoms with E-state index < -0.39 is 5.41 Å². The van der Waals surface area contributed by atoms with E-state index in [0.717, 1.165) is 22.7 Å². The van der Waals surface area contributed by atoms with Crippen molar-refractivity contribution in [1.29, 1.82) is 0 Å². The summed E-state index contributed by atoms with van der Waals surface area (Å²) in [5, 5.41) is 5.18. The zero-order valence-corrected chi connectivity index (χ0v) is 42.3. The molecule has 2 aromatic heterocycles. The number of fused-ring (bicyclic) bond motifs is 9. The third kappa shape index (κ3) is 6.94. The van der Waals surface area contributed by atoms with E-state index >= 15 is 0 Å². The van der Waals surface area contributed by atoms with Crippen LogP contribution in [0.25, 0.3) is 92.2 Å². The molecule has 1 aliphatic rings. The minimum Gasteiger partial charge on any atom is -0.310 e. The van der Waals surface area contributed by atoms with E-state index in [1.54, 1.807) is 0 Å². The summed E-state index contributed by atoms with van der Waals surface area (Å²) in [6.07, 6.45) is 0. The van der Waals surface area contributed by atoms with Crippen molar-refractivity contribution < 1.29 is 0 Å². The van der Waals surface area contributed by atoms with Gasteiger partial charge in [-0.1, -0.05) is 224 Å². The van der Waals surface area contributed by atoms with E-state index in [0.29, 0.717) is 0 Å². The van der Waals surface area contributed by atoms with E-state index in [1.165, 1.54) is 109 Å². The zero-order chi connectivity index (χ0) is 50.2. The Morgan fingerprint density at radius 2 is 0.750 bits per heavy atom. The van der Waals surface area contributed by atoms with Crippen LogP contribution in [0, 0.1) is 0 Å². The van der Waals surface area contributed by atoms with Gasteiger partial charge in [-0.2, -0.15) is 0 Å². The average Bonchev–Trinajstić information content (AvgIpc) is 4.20. The first-order valence-corrected chi connectivity index (χ1v) is 27.0. The molecule has 76 heavy (non-hydrogen) atoms. The quantitative estimate of drug-likeness (QED) is 0.140. The molecular weight excluding hydrogens is 937 g/mol. The van der Waals surface area contributed by atoms with Crippen LogP contribution in [0.1, 0.15) is 22.3 Å². The van der Waals surface area contributed by atoms with Crippen LogP contribution in [0.5, 0.6) is 0 Å². The molecule has 0 bridgehead atoms. The molecule has 0 aliphatic heterocycles. The summed E-state index contributed by atoms with van der Waals surface area (Å²) in [6, 6.07) is 107. The largest absolute Gasteiger partial charge is 0.310 e. The first-order chi connectivity index (χ1) is 37.7. The Kier molecular flexibility index (Phi) is 10.3. The van der Waals surface area contributed by atoms with Crippen LogP contribution in [0.4, 0.5) is 17.1 Å². The van der Waals surface area contributed by atoms with Gasteiger partial charge in [-0.05, 0) is 133 Å². The topological polar surface area (TPSA) is 8.17 Å². The molecule has 3 heteroatoms. The maximum atomic E-state index is 2.42. The molecule has 15 rings (SSSR count). The van der Waals surface area contributed by atoms with E-state index in [1.807, 2.05) is 11.3 Å². The van der Waals surface area contributed by atoms with E-state index in [4.69, 9.17) is 0 Å². The maximum absolute atomic E-state index is 2.42. The van der Waals surface area contributed by atoms with Crippen molar-refractivity contribution in [3.63, 3.8) is 0 Å². The highest BCUT2D eigenvalue weighted by atomic mass is 32.1. The molecule has 1 aliphatic carbocycles. The molecule has 2 heterocycles. The monoisotopic (exact) mass is 984 g/mol. The summed E-state index contributed by atoms with van der Waals surface area (Å²) in [7, 11) is 0. The molecule has 0 fully saturated rings. The Bertz CT molecular complexity index is 4380. The van der Waals surface area contributed by atoms with Gasteiger partial charge in [-0.3, -0.25) is 0 Å². The van der Waals surface area contributed by atoms with Crippen molar-refractivity contribution in [3.8, 4) is 50.2 Å². The van der Waals surface area contributed by atoms with Gasteiger partial charge >= 0.3 is 0 Å². The number of hydrogen-bond acceptors (Lipinski definition) is 2. The second kappa shape index (κ2) is 17.8. The van der Waals surface area contributed by atoms with Crippen LogP contribution in [0.15, 0.2) is 291 Å². The lowest BCUT2D eigenvalue weighted by Crippen LogP contribution is -2.28. The number of hydrogen-bond donors (Lipinski definition) is 0. The predicted octanol–water partition coefficient (Wildman–Crippen LogP) is 20.0. The smallest absolute Gasteiger partial charge is 0.0713 e. The van der Waals surface area contributed by atoms with Crippen molar-refractivity contribution in [3.05, 3.63) is 313 Å². The van der Waals surface area contributed by atoms with Crippen LogP contribution >= 0.6 is 11.3 Å². The van der Waals surface area contributed by atoms with Crippen molar-refractivity contribution >= 4 is 70.4 Å². The first-order valence-electron chi connectivity index (χ1n) is 26.1. The number of thiophene rings is 1. The van der Waals surface area contributed by atoms with Crippen molar-refractivity contribution in [2.24, 2.45) is 0 Å². The second-order valence-electron chi connectivity index (χ2n) is 20.0. The molecule has 12 aromatic carbocycles. The fourth-order valence-electron chi connectivity index (χ4n) is 12.4. The van der Waals surface area contributed by atoms with Crippen LogP contribution < -0.4 is 4.90 Å². The summed E-state index contributed by atoms with van der Waals surface area (Å²) in [6.45, 7) is 0. The van der Waals surface area contributed by atoms with Gasteiger partial charge in [0.1, 0.15) is 0 Å². The van der Waals surface area contributed by atoms with Crippen LogP contribution in [-0.4, -0.2) is 4.57 Å². The van der Waals surface area contributed by atoms with Gasteiger partial charge in [-0.15, -0.1) is 11.3 Å². The summed E-state index contributed by atoms with van der Waals surface area (Å²) >= 11 is 1.88. The molecule has 356 valence electrons. The van der Waals surface area contributed by atoms with Crippen LogP contribution in [0.2, 0.25) is 0 Å². The lowest BCUT2D eigenvalue weighted by Gasteiger charge is -2.34. The van der Waals surface area contributed by atoms with Gasteiger partial charge in [0, 0.05) is 53.7 Å². The van der Waals surface area contributed by atoms with Gasteiger partial charge < -0.3 is 9.47 Å². The summed E-state index contributed by atoms with van der Waals surface area (Å²) in [4.78, 5) is 2.42. The molecular formula is C73H48N2S. The van der Waals surface area contributed by atoms with Crippen molar-refractivity contribution in [2.45, 2.75) is 5.41 Å². The summed E-state index contributed by atoms with van der Waals surface area (Å²) < 4.78 is 5.04. The molecule has 14 aromatic rings. The van der Waals surface area contributed by atoms with Crippen LogP contribution in [0.3, 0.4) is 0 Å². The van der Waals surface area contributed by atoms with Crippen molar-refractivity contribution in [2.75, 3.05) is 4.90 Å². The van der Waals surface area contributed by atoms with Gasteiger partial charge in [-0.25, -0.2) is 0 Å². The Hall–Kier alpha value is -9.54. The Labute approximate surface area is 446 Å². The molecule has 2 nitrogen and oxygen atoms in total. The minimum absolute atomic E-state index is 0.474. The average molecular weight is 985 g/mol. The van der Waals surface area contributed by atoms with Gasteiger partial charge in [0.05, 0.1) is 16.4 Å². The number of benzene rings is 12. The first kappa shape index (κ1) is 44.0. The number of aromatic nitrogens is 1. The Morgan fingerprint density at radius 1 is 0.303 bits per heavy atom. The molecule has 0 N–H and O–H groups in total. The summed E-state index contributed by atoms with van der Waals surface area (Å²) in [5.41, 5.74) is 21.2. The fraction of sp³-hybridized carbons (Fsp3) is 0.0137. The fourth-order valence-corrected chi connectivity index (χ4v) is 13.7. The van der Waals surface area contributed by atoms with E-state index in [9.17, 15) is 0 Å². The third-order valence-electron chi connectivity index (χ3n) is 15.9. The highest BCUT2D eigenvalue weighted by molar-refractivity contribution is 7.26. The maximum Gasteiger partial charge on any atom is 0.0713 e. The third-order valence-corrected chi connectivity index (χ3v) is 17.1. The normalized spacial score (nSPS) is 12.6. The number of anilines is 3. The van der Waals surface area contributed by atoms with Gasteiger partial charge in [0.2, 0.25) is 0 Å². The summed E-state index contributed by atoms with van der Waals surface area (Å²) in [5.74, 6) is 0. The molecule has 0 spiro atoms. The molecule has 0 atom stereocenters. The Morgan fingerprint density at radius 3 is 1.37 bits per heavy atom. The molecule has 0 unspecified atom stereocenters. The van der Waals surface area contributed by atoms with E-state index in [-0.39, 0.29) is 0 Å². The lowest BCUT2D eigenvalue weighted by molar-refractivity contribution is 0.768. The SMILES string of the molecule is c1ccc(C2(c3ccccc3)c3ccccc3-c3cc(N(c4ccc(-c5ccc(-c6cccc7c6sc6ccccc67)cc5)cc4)c4ccc(-c5ccc(-n6c7ccccc7c7ccccc76)cc5)cc4)ccc32)cc1. The predicted molar refractivity (Wildman–Crippen MR) is 322 cm³/mol.